The summed E-state index contributed by atoms with van der Waals surface area (Å²) in [6, 6.07) is 16.5. The normalized spacial score (nSPS) is 17.7. The molecule has 2 heteroatoms. The largest absolute Gasteiger partial charge is 0.497 e. The third-order valence-corrected chi connectivity index (χ3v) is 3.44. The number of para-hydroxylation sites is 1. The van der Waals surface area contributed by atoms with E-state index in [-0.39, 0.29) is 0 Å². The Morgan fingerprint density at radius 1 is 1.11 bits per heavy atom. The van der Waals surface area contributed by atoms with Gasteiger partial charge in [0, 0.05) is 5.92 Å². The van der Waals surface area contributed by atoms with Gasteiger partial charge in [-0.25, -0.2) is 0 Å². The lowest BCUT2D eigenvalue weighted by atomic mass is 9.90. The van der Waals surface area contributed by atoms with Crippen LogP contribution in [0.5, 0.6) is 11.5 Å². The standard InChI is InChI=1S/C16H16O2/c1-17-15-7-4-6-12(10-15)14-9-13-5-2-3-8-16(13)18-11-14/h2-8,10,14H,9,11H2,1H3. The van der Waals surface area contributed by atoms with E-state index in [1.807, 2.05) is 24.3 Å². The Kier molecular flexibility index (Phi) is 2.93. The van der Waals surface area contributed by atoms with Crippen LogP contribution >= 0.6 is 0 Å². The van der Waals surface area contributed by atoms with Crippen molar-refractivity contribution in [2.75, 3.05) is 13.7 Å². The van der Waals surface area contributed by atoms with E-state index in [1.165, 1.54) is 11.1 Å². The zero-order chi connectivity index (χ0) is 12.4. The average molecular weight is 240 g/mol. The van der Waals surface area contributed by atoms with Gasteiger partial charge in [-0.3, -0.25) is 0 Å². The molecule has 2 aromatic rings. The summed E-state index contributed by atoms with van der Waals surface area (Å²) in [5.41, 5.74) is 2.57. The number of methoxy groups -OCH3 is 1. The van der Waals surface area contributed by atoms with E-state index < -0.39 is 0 Å². The molecule has 1 aliphatic rings. The van der Waals surface area contributed by atoms with Gasteiger partial charge in [0.1, 0.15) is 11.5 Å². The molecule has 18 heavy (non-hydrogen) atoms. The Hall–Kier alpha value is -1.96. The smallest absolute Gasteiger partial charge is 0.122 e. The third kappa shape index (κ3) is 2.06. The molecule has 92 valence electrons. The lowest BCUT2D eigenvalue weighted by Gasteiger charge is -2.25. The molecule has 1 unspecified atom stereocenters. The van der Waals surface area contributed by atoms with E-state index in [1.54, 1.807) is 7.11 Å². The molecule has 0 saturated carbocycles. The van der Waals surface area contributed by atoms with Crippen LogP contribution < -0.4 is 9.47 Å². The van der Waals surface area contributed by atoms with Crippen LogP contribution in [0.2, 0.25) is 0 Å². The second-order valence-electron chi connectivity index (χ2n) is 4.60. The van der Waals surface area contributed by atoms with Gasteiger partial charge in [-0.2, -0.15) is 0 Å². The van der Waals surface area contributed by atoms with Crippen LogP contribution in [0.4, 0.5) is 0 Å². The number of benzene rings is 2. The van der Waals surface area contributed by atoms with Crippen molar-refractivity contribution in [3.05, 3.63) is 59.7 Å². The molecule has 1 heterocycles. The maximum Gasteiger partial charge on any atom is 0.122 e. The Morgan fingerprint density at radius 2 is 2.00 bits per heavy atom. The van der Waals surface area contributed by atoms with Crippen molar-refractivity contribution in [1.82, 2.24) is 0 Å². The van der Waals surface area contributed by atoms with Crippen LogP contribution in [0.3, 0.4) is 0 Å². The second-order valence-corrected chi connectivity index (χ2v) is 4.60. The summed E-state index contributed by atoms with van der Waals surface area (Å²) in [6.07, 6.45) is 1.03. The molecule has 2 aromatic carbocycles. The number of hydrogen-bond acceptors (Lipinski definition) is 2. The third-order valence-electron chi connectivity index (χ3n) is 3.44. The first kappa shape index (κ1) is 11.1. The Labute approximate surface area is 107 Å². The fourth-order valence-electron chi connectivity index (χ4n) is 2.44. The minimum Gasteiger partial charge on any atom is -0.497 e. The molecule has 0 amide bonds. The Morgan fingerprint density at radius 3 is 2.89 bits per heavy atom. The van der Waals surface area contributed by atoms with Gasteiger partial charge in [0.25, 0.3) is 0 Å². The lowest BCUT2D eigenvalue weighted by molar-refractivity contribution is 0.262. The van der Waals surface area contributed by atoms with Gasteiger partial charge in [0.15, 0.2) is 0 Å². The minimum atomic E-state index is 0.412. The van der Waals surface area contributed by atoms with Crippen LogP contribution in [-0.4, -0.2) is 13.7 Å². The molecule has 3 rings (SSSR count). The number of fused-ring (bicyclic) bond motifs is 1. The quantitative estimate of drug-likeness (QED) is 0.800. The summed E-state index contributed by atoms with van der Waals surface area (Å²) < 4.78 is 11.1. The Balaban J connectivity index is 1.87. The number of rotatable bonds is 2. The van der Waals surface area contributed by atoms with Crippen LogP contribution in [0, 0.1) is 0 Å². The van der Waals surface area contributed by atoms with Crippen LogP contribution in [-0.2, 0) is 6.42 Å². The number of ether oxygens (including phenoxy) is 2. The highest BCUT2D eigenvalue weighted by molar-refractivity contribution is 5.39. The van der Waals surface area contributed by atoms with E-state index in [0.717, 1.165) is 24.5 Å². The van der Waals surface area contributed by atoms with Crippen molar-refractivity contribution in [2.45, 2.75) is 12.3 Å². The summed E-state index contributed by atoms with van der Waals surface area (Å²) >= 11 is 0. The molecule has 0 saturated heterocycles. The van der Waals surface area contributed by atoms with Gasteiger partial charge >= 0.3 is 0 Å². The van der Waals surface area contributed by atoms with E-state index in [2.05, 4.69) is 24.3 Å². The molecule has 0 N–H and O–H groups in total. The van der Waals surface area contributed by atoms with Crippen LogP contribution in [0.15, 0.2) is 48.5 Å². The zero-order valence-electron chi connectivity index (χ0n) is 10.4. The summed E-state index contributed by atoms with van der Waals surface area (Å²) in [5, 5.41) is 0. The fourth-order valence-corrected chi connectivity index (χ4v) is 2.44. The molecule has 2 nitrogen and oxygen atoms in total. The highest BCUT2D eigenvalue weighted by Crippen LogP contribution is 2.33. The number of hydrogen-bond donors (Lipinski definition) is 0. The average Bonchev–Trinajstić information content (AvgIpc) is 2.47. The van der Waals surface area contributed by atoms with E-state index in [9.17, 15) is 0 Å². The van der Waals surface area contributed by atoms with E-state index in [0.29, 0.717) is 5.92 Å². The van der Waals surface area contributed by atoms with Gasteiger partial charge in [0.05, 0.1) is 13.7 Å². The van der Waals surface area contributed by atoms with Crippen molar-refractivity contribution in [3.8, 4) is 11.5 Å². The van der Waals surface area contributed by atoms with Crippen LogP contribution in [0.1, 0.15) is 17.0 Å². The summed E-state index contributed by atoms with van der Waals surface area (Å²) in [7, 11) is 1.70. The molecule has 1 atom stereocenters. The van der Waals surface area contributed by atoms with E-state index >= 15 is 0 Å². The van der Waals surface area contributed by atoms with Gasteiger partial charge in [0.2, 0.25) is 0 Å². The monoisotopic (exact) mass is 240 g/mol. The second kappa shape index (κ2) is 4.73. The first-order chi connectivity index (χ1) is 8.86. The van der Waals surface area contributed by atoms with Gasteiger partial charge < -0.3 is 9.47 Å². The summed E-state index contributed by atoms with van der Waals surface area (Å²) in [4.78, 5) is 0. The molecule has 0 spiro atoms. The van der Waals surface area contributed by atoms with Gasteiger partial charge in [-0.15, -0.1) is 0 Å². The summed E-state index contributed by atoms with van der Waals surface area (Å²) in [6.45, 7) is 0.740. The van der Waals surface area contributed by atoms with Gasteiger partial charge in [-0.1, -0.05) is 30.3 Å². The van der Waals surface area contributed by atoms with E-state index in [4.69, 9.17) is 9.47 Å². The zero-order valence-corrected chi connectivity index (χ0v) is 10.4. The van der Waals surface area contributed by atoms with Gasteiger partial charge in [-0.05, 0) is 35.7 Å². The molecule has 0 bridgehead atoms. The molecule has 0 fully saturated rings. The van der Waals surface area contributed by atoms with Crippen molar-refractivity contribution in [2.24, 2.45) is 0 Å². The Bertz CT molecular complexity index is 548. The fraction of sp³-hybridized carbons (Fsp3) is 0.250. The van der Waals surface area contributed by atoms with Crippen molar-refractivity contribution in [1.29, 1.82) is 0 Å². The molecular formula is C16H16O2. The highest BCUT2D eigenvalue weighted by atomic mass is 16.5. The molecule has 0 aromatic heterocycles. The first-order valence-electron chi connectivity index (χ1n) is 6.21. The molecule has 0 aliphatic carbocycles. The highest BCUT2D eigenvalue weighted by Gasteiger charge is 2.21. The summed E-state index contributed by atoms with van der Waals surface area (Å²) in [5.74, 6) is 2.35. The minimum absolute atomic E-state index is 0.412. The lowest BCUT2D eigenvalue weighted by Crippen LogP contribution is -2.19. The SMILES string of the molecule is COc1cccc(C2COc3ccccc3C2)c1. The maximum absolute atomic E-state index is 5.82. The predicted octanol–water partition coefficient (Wildman–Crippen LogP) is 3.41. The molecular weight excluding hydrogens is 224 g/mol. The van der Waals surface area contributed by atoms with Crippen molar-refractivity contribution < 1.29 is 9.47 Å². The molecule has 1 aliphatic heterocycles. The van der Waals surface area contributed by atoms with Crippen molar-refractivity contribution in [3.63, 3.8) is 0 Å². The maximum atomic E-state index is 5.82. The van der Waals surface area contributed by atoms with Crippen molar-refractivity contribution >= 4 is 0 Å². The van der Waals surface area contributed by atoms with Crippen LogP contribution in [0.25, 0.3) is 0 Å². The first-order valence-corrected chi connectivity index (χ1v) is 6.21. The molecule has 0 radical (unpaired) electrons. The topological polar surface area (TPSA) is 18.5 Å². The predicted molar refractivity (Wildman–Crippen MR) is 71.4 cm³/mol.